The van der Waals surface area contributed by atoms with E-state index in [-0.39, 0.29) is 23.7 Å². The minimum absolute atomic E-state index is 0.0154. The molecule has 0 aromatic carbocycles. The van der Waals surface area contributed by atoms with Crippen LogP contribution in [0.1, 0.15) is 23.0 Å². The highest BCUT2D eigenvalue weighted by Crippen LogP contribution is 2.06. The summed E-state index contributed by atoms with van der Waals surface area (Å²) in [6.07, 6.45) is 4.18. The second kappa shape index (κ2) is 7.51. The summed E-state index contributed by atoms with van der Waals surface area (Å²) < 4.78 is 6.37. The van der Waals surface area contributed by atoms with Crippen LogP contribution in [0.25, 0.3) is 5.65 Å². The first-order chi connectivity index (χ1) is 12.6. The first kappa shape index (κ1) is 17.2. The van der Waals surface area contributed by atoms with Crippen LogP contribution in [0, 0.1) is 0 Å². The Morgan fingerprint density at radius 1 is 1.23 bits per heavy atom. The predicted octanol–water partition coefficient (Wildman–Crippen LogP) is 1.36. The maximum atomic E-state index is 12.5. The Hall–Kier alpha value is -3.62. The first-order valence-electron chi connectivity index (χ1n) is 7.95. The Morgan fingerprint density at radius 2 is 2.08 bits per heavy atom. The standard InChI is InChI=1S/C17H17N5O4/c1-2-18-17(25)21-13-9-19-14-6-5-11(10-22(14)16(13)24)15(23)20-8-12-4-3-7-26-12/h3-7,9-10H,2,8H2,1H3,(H,20,23)(H2,18,21,25). The van der Waals surface area contributed by atoms with Crippen molar-refractivity contribution in [3.63, 3.8) is 0 Å². The third-order valence-electron chi connectivity index (χ3n) is 3.55. The number of pyridine rings is 1. The van der Waals surface area contributed by atoms with Crippen molar-refractivity contribution >= 4 is 23.3 Å². The summed E-state index contributed by atoms with van der Waals surface area (Å²) in [5.41, 5.74) is 0.172. The molecule has 0 saturated carbocycles. The van der Waals surface area contributed by atoms with E-state index in [2.05, 4.69) is 20.9 Å². The quantitative estimate of drug-likeness (QED) is 0.639. The van der Waals surface area contributed by atoms with Gasteiger partial charge in [-0.1, -0.05) is 0 Å². The summed E-state index contributed by atoms with van der Waals surface area (Å²) in [5.74, 6) is 0.253. The van der Waals surface area contributed by atoms with E-state index in [0.717, 1.165) is 0 Å². The first-order valence-corrected chi connectivity index (χ1v) is 7.95. The van der Waals surface area contributed by atoms with Gasteiger partial charge in [0, 0.05) is 12.7 Å². The third kappa shape index (κ3) is 3.72. The fourth-order valence-electron chi connectivity index (χ4n) is 2.31. The Labute approximate surface area is 148 Å². The second-order valence-corrected chi connectivity index (χ2v) is 5.37. The van der Waals surface area contributed by atoms with Crippen molar-refractivity contribution in [2.45, 2.75) is 13.5 Å². The number of hydrogen-bond acceptors (Lipinski definition) is 5. The van der Waals surface area contributed by atoms with E-state index in [9.17, 15) is 14.4 Å². The van der Waals surface area contributed by atoms with E-state index in [1.54, 1.807) is 31.2 Å². The molecule has 0 saturated heterocycles. The van der Waals surface area contributed by atoms with Crippen molar-refractivity contribution in [3.8, 4) is 0 Å². The lowest BCUT2D eigenvalue weighted by atomic mass is 10.2. The maximum absolute atomic E-state index is 12.5. The van der Waals surface area contributed by atoms with E-state index >= 15 is 0 Å². The van der Waals surface area contributed by atoms with Gasteiger partial charge >= 0.3 is 6.03 Å². The SMILES string of the molecule is CCNC(=O)Nc1cnc2ccc(C(=O)NCc3ccco3)cn2c1=O. The molecule has 0 aliphatic rings. The topological polar surface area (TPSA) is 118 Å². The number of nitrogens with zero attached hydrogens (tertiary/aromatic N) is 2. The molecule has 0 aliphatic heterocycles. The molecule has 3 heterocycles. The summed E-state index contributed by atoms with van der Waals surface area (Å²) in [6, 6.07) is 6.09. The molecular weight excluding hydrogens is 338 g/mol. The molecule has 3 aromatic rings. The molecule has 3 N–H and O–H groups in total. The molecule has 9 heteroatoms. The number of urea groups is 1. The van der Waals surface area contributed by atoms with Crippen molar-refractivity contribution in [1.29, 1.82) is 0 Å². The van der Waals surface area contributed by atoms with Crippen LogP contribution in [-0.4, -0.2) is 27.9 Å². The summed E-state index contributed by atoms with van der Waals surface area (Å²) in [5, 5.41) is 7.67. The molecule has 0 fully saturated rings. The monoisotopic (exact) mass is 355 g/mol. The molecule has 0 unspecified atom stereocenters. The summed E-state index contributed by atoms with van der Waals surface area (Å²) in [7, 11) is 0. The average molecular weight is 355 g/mol. The largest absolute Gasteiger partial charge is 0.467 e. The molecular formula is C17H17N5O4. The molecule has 9 nitrogen and oxygen atoms in total. The molecule has 0 radical (unpaired) electrons. The van der Waals surface area contributed by atoms with Crippen LogP contribution < -0.4 is 21.5 Å². The zero-order chi connectivity index (χ0) is 18.5. The molecule has 3 rings (SSSR count). The van der Waals surface area contributed by atoms with E-state index in [0.29, 0.717) is 18.0 Å². The zero-order valence-corrected chi connectivity index (χ0v) is 14.0. The van der Waals surface area contributed by atoms with Crippen LogP contribution in [0.5, 0.6) is 0 Å². The predicted molar refractivity (Wildman–Crippen MR) is 94.0 cm³/mol. The lowest BCUT2D eigenvalue weighted by Gasteiger charge is -2.08. The summed E-state index contributed by atoms with van der Waals surface area (Å²) in [4.78, 5) is 40.5. The van der Waals surface area contributed by atoms with E-state index < -0.39 is 11.6 Å². The minimum atomic E-state index is -0.501. The summed E-state index contributed by atoms with van der Waals surface area (Å²) in [6.45, 7) is 2.42. The lowest BCUT2D eigenvalue weighted by molar-refractivity contribution is 0.0947. The number of fused-ring (bicyclic) bond motifs is 1. The number of nitrogens with one attached hydrogen (secondary N) is 3. The van der Waals surface area contributed by atoms with Crippen molar-refractivity contribution < 1.29 is 14.0 Å². The molecule has 0 spiro atoms. The van der Waals surface area contributed by atoms with Crippen LogP contribution in [0.3, 0.4) is 0 Å². The van der Waals surface area contributed by atoms with Gasteiger partial charge in [-0.2, -0.15) is 0 Å². The van der Waals surface area contributed by atoms with Gasteiger partial charge in [0.1, 0.15) is 17.1 Å². The Kier molecular flexibility index (Phi) is 4.97. The number of rotatable bonds is 5. The molecule has 3 aromatic heterocycles. The third-order valence-corrected chi connectivity index (χ3v) is 3.55. The van der Waals surface area contributed by atoms with Crippen LogP contribution in [0.15, 0.2) is 52.1 Å². The van der Waals surface area contributed by atoms with E-state index in [1.165, 1.54) is 23.1 Å². The normalized spacial score (nSPS) is 10.5. The Balaban J connectivity index is 1.84. The van der Waals surface area contributed by atoms with Crippen LogP contribution in [-0.2, 0) is 6.54 Å². The maximum Gasteiger partial charge on any atom is 0.319 e. The van der Waals surface area contributed by atoms with E-state index in [1.807, 2.05) is 0 Å². The summed E-state index contributed by atoms with van der Waals surface area (Å²) >= 11 is 0. The highest BCUT2D eigenvalue weighted by molar-refractivity contribution is 5.94. The Morgan fingerprint density at radius 3 is 2.81 bits per heavy atom. The van der Waals surface area contributed by atoms with Gasteiger partial charge < -0.3 is 20.4 Å². The van der Waals surface area contributed by atoms with Gasteiger partial charge in [-0.05, 0) is 31.2 Å². The van der Waals surface area contributed by atoms with Crippen molar-refractivity contribution in [2.75, 3.05) is 11.9 Å². The lowest BCUT2D eigenvalue weighted by Crippen LogP contribution is -2.32. The van der Waals surface area contributed by atoms with Gasteiger partial charge in [0.2, 0.25) is 0 Å². The minimum Gasteiger partial charge on any atom is -0.467 e. The highest BCUT2D eigenvalue weighted by atomic mass is 16.3. The van der Waals surface area contributed by atoms with Gasteiger partial charge in [0.25, 0.3) is 11.5 Å². The zero-order valence-electron chi connectivity index (χ0n) is 14.0. The number of carbonyl (C=O) groups excluding carboxylic acids is 2. The number of furan rings is 1. The smallest absolute Gasteiger partial charge is 0.319 e. The van der Waals surface area contributed by atoms with Gasteiger partial charge in [0.15, 0.2) is 0 Å². The molecule has 0 bridgehead atoms. The average Bonchev–Trinajstić information content (AvgIpc) is 3.16. The molecule has 0 aliphatic carbocycles. The number of anilines is 1. The highest BCUT2D eigenvalue weighted by Gasteiger charge is 2.11. The second-order valence-electron chi connectivity index (χ2n) is 5.37. The number of carbonyl (C=O) groups is 2. The fraction of sp³-hybridized carbons (Fsp3) is 0.176. The van der Waals surface area contributed by atoms with Gasteiger partial charge in [0.05, 0.1) is 24.6 Å². The number of aromatic nitrogens is 2. The van der Waals surface area contributed by atoms with Gasteiger partial charge in [-0.3, -0.25) is 14.0 Å². The molecule has 0 atom stereocenters. The van der Waals surface area contributed by atoms with Crippen molar-refractivity contribution in [3.05, 3.63) is 64.6 Å². The van der Waals surface area contributed by atoms with Crippen LogP contribution in [0.4, 0.5) is 10.5 Å². The van der Waals surface area contributed by atoms with Crippen molar-refractivity contribution in [2.24, 2.45) is 0 Å². The Bertz CT molecular complexity index is 994. The fourth-order valence-corrected chi connectivity index (χ4v) is 2.31. The molecule has 3 amide bonds. The molecule has 134 valence electrons. The van der Waals surface area contributed by atoms with Gasteiger partial charge in [-0.25, -0.2) is 9.78 Å². The number of hydrogen-bond donors (Lipinski definition) is 3. The number of amides is 3. The van der Waals surface area contributed by atoms with E-state index in [4.69, 9.17) is 4.42 Å². The van der Waals surface area contributed by atoms with Gasteiger partial charge in [-0.15, -0.1) is 0 Å². The van der Waals surface area contributed by atoms with Crippen LogP contribution >= 0.6 is 0 Å². The van der Waals surface area contributed by atoms with Crippen LogP contribution in [0.2, 0.25) is 0 Å². The van der Waals surface area contributed by atoms with Crippen molar-refractivity contribution in [1.82, 2.24) is 20.0 Å². The molecule has 26 heavy (non-hydrogen) atoms.